The molecule has 2 aromatic carbocycles. The zero-order valence-electron chi connectivity index (χ0n) is 15.6. The van der Waals surface area contributed by atoms with E-state index in [-0.39, 0.29) is 43.0 Å². The van der Waals surface area contributed by atoms with Crippen LogP contribution in [0.3, 0.4) is 0 Å². The van der Waals surface area contributed by atoms with Crippen LogP contribution in [0.2, 0.25) is 10.0 Å². The second-order valence-corrected chi connectivity index (χ2v) is 9.77. The van der Waals surface area contributed by atoms with E-state index in [4.69, 9.17) is 23.2 Å². The van der Waals surface area contributed by atoms with Crippen molar-refractivity contribution in [1.82, 2.24) is 9.62 Å². The molecule has 29 heavy (non-hydrogen) atoms. The van der Waals surface area contributed by atoms with Gasteiger partial charge in [-0.15, -0.1) is 0 Å². The van der Waals surface area contributed by atoms with Crippen LogP contribution in [0.1, 0.15) is 24.0 Å². The van der Waals surface area contributed by atoms with Gasteiger partial charge in [-0.25, -0.2) is 17.1 Å². The Bertz CT molecular complexity index is 993. The molecule has 2 aromatic rings. The van der Waals surface area contributed by atoms with Crippen molar-refractivity contribution in [3.63, 3.8) is 0 Å². The van der Waals surface area contributed by atoms with Gasteiger partial charge in [0.05, 0.1) is 15.8 Å². The van der Waals surface area contributed by atoms with E-state index in [9.17, 15) is 17.6 Å². The molecule has 0 saturated carbocycles. The number of sulfonamides is 1. The number of carbonyl (C=O) groups excluding carboxylic acids is 1. The van der Waals surface area contributed by atoms with Crippen LogP contribution < -0.4 is 5.32 Å². The zero-order valence-corrected chi connectivity index (χ0v) is 17.9. The lowest BCUT2D eigenvalue weighted by atomic mass is 9.97. The van der Waals surface area contributed by atoms with Gasteiger partial charge in [-0.2, -0.15) is 0 Å². The molecule has 0 atom stereocenters. The summed E-state index contributed by atoms with van der Waals surface area (Å²) in [7, 11) is -3.53. The molecule has 0 aromatic heterocycles. The van der Waals surface area contributed by atoms with E-state index in [1.165, 1.54) is 10.4 Å². The van der Waals surface area contributed by atoms with Crippen molar-refractivity contribution in [2.24, 2.45) is 5.92 Å². The predicted molar refractivity (Wildman–Crippen MR) is 112 cm³/mol. The molecule has 0 bridgehead atoms. The Morgan fingerprint density at radius 3 is 2.45 bits per heavy atom. The topological polar surface area (TPSA) is 66.5 Å². The van der Waals surface area contributed by atoms with Gasteiger partial charge in [0.15, 0.2) is 0 Å². The van der Waals surface area contributed by atoms with Gasteiger partial charge in [0.25, 0.3) is 0 Å². The third kappa shape index (κ3) is 5.69. The summed E-state index contributed by atoms with van der Waals surface area (Å²) in [4.78, 5) is 12.4. The number of hydrogen-bond donors (Lipinski definition) is 1. The number of benzene rings is 2. The number of nitrogens with one attached hydrogen (secondary N) is 1. The standard InChI is InChI=1S/C20H21Cl2FN2O3S/c21-17-6-5-14(11-18(17)22)13-29(27,28)25-9-7-15(8-10-25)20(26)24-12-16-3-1-2-4-19(16)23/h1-6,11,15H,7-10,12-13H2,(H,24,26). The predicted octanol–water partition coefficient (Wildman–Crippen LogP) is 3.99. The summed E-state index contributed by atoms with van der Waals surface area (Å²) in [6.45, 7) is 0.643. The maximum Gasteiger partial charge on any atom is 0.223 e. The van der Waals surface area contributed by atoms with Gasteiger partial charge in [0.1, 0.15) is 5.82 Å². The summed E-state index contributed by atoms with van der Waals surface area (Å²) in [5.74, 6) is -1.02. The molecule has 3 rings (SSSR count). The van der Waals surface area contributed by atoms with Crippen molar-refractivity contribution in [2.45, 2.75) is 25.1 Å². The van der Waals surface area contributed by atoms with Crippen LogP contribution in [0, 0.1) is 11.7 Å². The Balaban J connectivity index is 1.53. The number of rotatable bonds is 6. The highest BCUT2D eigenvalue weighted by atomic mass is 35.5. The lowest BCUT2D eigenvalue weighted by molar-refractivity contribution is -0.126. The Hall–Kier alpha value is -1.67. The normalized spacial score (nSPS) is 16.0. The molecule has 1 heterocycles. The fraction of sp³-hybridized carbons (Fsp3) is 0.350. The van der Waals surface area contributed by atoms with Crippen LogP contribution in [-0.4, -0.2) is 31.7 Å². The Labute approximate surface area is 179 Å². The third-order valence-electron chi connectivity index (χ3n) is 4.96. The first-order chi connectivity index (χ1) is 13.8. The molecule has 1 saturated heterocycles. The van der Waals surface area contributed by atoms with E-state index in [1.54, 1.807) is 36.4 Å². The van der Waals surface area contributed by atoms with Gasteiger partial charge in [-0.05, 0) is 36.6 Å². The quantitative estimate of drug-likeness (QED) is 0.711. The molecule has 9 heteroatoms. The van der Waals surface area contributed by atoms with E-state index in [2.05, 4.69) is 5.32 Å². The van der Waals surface area contributed by atoms with E-state index >= 15 is 0 Å². The summed E-state index contributed by atoms with van der Waals surface area (Å²) >= 11 is 11.8. The van der Waals surface area contributed by atoms with Gasteiger partial charge < -0.3 is 5.32 Å². The number of hydrogen-bond acceptors (Lipinski definition) is 3. The van der Waals surface area contributed by atoms with E-state index < -0.39 is 10.0 Å². The lowest BCUT2D eigenvalue weighted by Gasteiger charge is -2.30. The fourth-order valence-electron chi connectivity index (χ4n) is 3.30. The van der Waals surface area contributed by atoms with Crippen molar-refractivity contribution in [3.05, 3.63) is 69.5 Å². The summed E-state index contributed by atoms with van der Waals surface area (Å²) < 4.78 is 40.4. The average Bonchev–Trinajstić information content (AvgIpc) is 2.70. The summed E-state index contributed by atoms with van der Waals surface area (Å²) in [5, 5.41) is 3.42. The second-order valence-electron chi connectivity index (χ2n) is 6.99. The van der Waals surface area contributed by atoms with Crippen molar-refractivity contribution < 1.29 is 17.6 Å². The van der Waals surface area contributed by atoms with Crippen molar-refractivity contribution >= 4 is 39.1 Å². The van der Waals surface area contributed by atoms with Gasteiger partial charge in [0, 0.05) is 31.1 Å². The van der Waals surface area contributed by atoms with Crippen LogP contribution in [0.5, 0.6) is 0 Å². The summed E-state index contributed by atoms with van der Waals surface area (Å²) in [6, 6.07) is 11.0. The number of amides is 1. The minimum absolute atomic E-state index is 0.112. The molecule has 1 fully saturated rings. The first-order valence-electron chi connectivity index (χ1n) is 9.19. The summed E-state index contributed by atoms with van der Waals surface area (Å²) in [6.07, 6.45) is 0.841. The molecule has 0 aliphatic carbocycles. The Morgan fingerprint density at radius 2 is 1.79 bits per heavy atom. The van der Waals surface area contributed by atoms with Crippen molar-refractivity contribution in [2.75, 3.05) is 13.1 Å². The molecular weight excluding hydrogens is 438 g/mol. The van der Waals surface area contributed by atoms with Gasteiger partial charge in [-0.1, -0.05) is 47.5 Å². The Kier molecular flexibility index (Phi) is 7.16. The minimum atomic E-state index is -3.53. The number of carbonyl (C=O) groups is 1. The molecule has 156 valence electrons. The van der Waals surface area contributed by atoms with E-state index in [0.29, 0.717) is 34.0 Å². The van der Waals surface area contributed by atoms with Crippen molar-refractivity contribution in [3.8, 4) is 0 Å². The van der Waals surface area contributed by atoms with Gasteiger partial charge in [-0.3, -0.25) is 4.79 Å². The highest BCUT2D eigenvalue weighted by Gasteiger charge is 2.31. The number of piperidine rings is 1. The first kappa shape index (κ1) is 22.0. The molecule has 0 radical (unpaired) electrons. The highest BCUT2D eigenvalue weighted by molar-refractivity contribution is 7.88. The van der Waals surface area contributed by atoms with Crippen LogP contribution >= 0.6 is 23.2 Å². The van der Waals surface area contributed by atoms with E-state index in [1.807, 2.05) is 0 Å². The molecule has 1 aliphatic rings. The molecule has 0 spiro atoms. The maximum absolute atomic E-state index is 13.7. The van der Waals surface area contributed by atoms with Crippen LogP contribution in [0.4, 0.5) is 4.39 Å². The minimum Gasteiger partial charge on any atom is -0.352 e. The largest absolute Gasteiger partial charge is 0.352 e. The highest BCUT2D eigenvalue weighted by Crippen LogP contribution is 2.26. The monoisotopic (exact) mass is 458 g/mol. The number of nitrogens with zero attached hydrogens (tertiary/aromatic N) is 1. The third-order valence-corrected chi connectivity index (χ3v) is 7.55. The second kappa shape index (κ2) is 9.43. The first-order valence-corrected chi connectivity index (χ1v) is 11.6. The lowest BCUT2D eigenvalue weighted by Crippen LogP contribution is -2.43. The van der Waals surface area contributed by atoms with Crippen LogP contribution in [-0.2, 0) is 27.1 Å². The van der Waals surface area contributed by atoms with Gasteiger partial charge in [0.2, 0.25) is 15.9 Å². The van der Waals surface area contributed by atoms with E-state index in [0.717, 1.165) is 0 Å². The molecule has 5 nitrogen and oxygen atoms in total. The van der Waals surface area contributed by atoms with Crippen molar-refractivity contribution in [1.29, 1.82) is 0 Å². The Morgan fingerprint density at radius 1 is 1.10 bits per heavy atom. The number of halogens is 3. The zero-order chi connectivity index (χ0) is 21.0. The van der Waals surface area contributed by atoms with Crippen LogP contribution in [0.15, 0.2) is 42.5 Å². The molecule has 1 amide bonds. The smallest absolute Gasteiger partial charge is 0.223 e. The SMILES string of the molecule is O=C(NCc1ccccc1F)C1CCN(S(=O)(=O)Cc2ccc(Cl)c(Cl)c2)CC1. The molecule has 1 aliphatic heterocycles. The molecule has 0 unspecified atom stereocenters. The van der Waals surface area contributed by atoms with Gasteiger partial charge >= 0.3 is 0 Å². The average molecular weight is 459 g/mol. The summed E-state index contributed by atoms with van der Waals surface area (Å²) in [5.41, 5.74) is 0.978. The maximum atomic E-state index is 13.7. The van der Waals surface area contributed by atoms with Crippen LogP contribution in [0.25, 0.3) is 0 Å². The fourth-order valence-corrected chi connectivity index (χ4v) is 5.17. The molecule has 1 N–H and O–H groups in total. The molecular formula is C20H21Cl2FN2O3S.